The van der Waals surface area contributed by atoms with E-state index >= 15 is 0 Å². The van der Waals surface area contributed by atoms with Crippen LogP contribution in [0.5, 0.6) is 0 Å². The largest absolute Gasteiger partial charge is 0.353 e. The van der Waals surface area contributed by atoms with Gasteiger partial charge in [-0.15, -0.1) is 11.3 Å². The molecule has 10 heteroatoms. The Kier molecular flexibility index (Phi) is 5.53. The second-order valence-electron chi connectivity index (χ2n) is 8.68. The van der Waals surface area contributed by atoms with E-state index in [4.69, 9.17) is 0 Å². The SMILES string of the molecule is CC1CCc2c(sc(NC(=O)CN3CCN(c4ncnc5c4cnn5C)CC3)c2C#N)C1. The van der Waals surface area contributed by atoms with Gasteiger partial charge < -0.3 is 10.2 Å². The summed E-state index contributed by atoms with van der Waals surface area (Å²) >= 11 is 1.58. The lowest BCUT2D eigenvalue weighted by atomic mass is 9.89. The van der Waals surface area contributed by atoms with E-state index in [1.807, 2.05) is 7.05 Å². The van der Waals surface area contributed by atoms with Crippen LogP contribution in [0.15, 0.2) is 12.5 Å². The van der Waals surface area contributed by atoms with E-state index in [9.17, 15) is 10.1 Å². The number of nitrogens with zero attached hydrogens (tertiary/aromatic N) is 7. The predicted octanol–water partition coefficient (Wildman–Crippen LogP) is 2.18. The van der Waals surface area contributed by atoms with Gasteiger partial charge in [-0.25, -0.2) is 9.97 Å². The van der Waals surface area contributed by atoms with Gasteiger partial charge in [-0.2, -0.15) is 10.4 Å². The number of hydrogen-bond acceptors (Lipinski definition) is 8. The number of piperazine rings is 1. The normalized spacial score (nSPS) is 19.0. The lowest BCUT2D eigenvalue weighted by Gasteiger charge is -2.35. The van der Waals surface area contributed by atoms with Gasteiger partial charge in [0.1, 0.15) is 23.2 Å². The molecule has 1 atom stereocenters. The summed E-state index contributed by atoms with van der Waals surface area (Å²) in [5.41, 5.74) is 2.63. The highest BCUT2D eigenvalue weighted by atomic mass is 32.1. The first-order valence-electron chi connectivity index (χ1n) is 11.0. The second kappa shape index (κ2) is 8.48. The summed E-state index contributed by atoms with van der Waals surface area (Å²) in [6, 6.07) is 2.32. The number of nitrogens with one attached hydrogen (secondary N) is 1. The Labute approximate surface area is 190 Å². The van der Waals surface area contributed by atoms with Crippen molar-refractivity contribution >= 4 is 39.1 Å². The minimum atomic E-state index is -0.0571. The molecule has 1 aliphatic heterocycles. The van der Waals surface area contributed by atoms with E-state index in [0.29, 0.717) is 18.0 Å². The van der Waals surface area contributed by atoms with E-state index in [0.717, 1.165) is 72.9 Å². The van der Waals surface area contributed by atoms with Crippen LogP contribution in [0.1, 0.15) is 29.3 Å². The van der Waals surface area contributed by atoms with Crippen LogP contribution in [0.4, 0.5) is 10.8 Å². The lowest BCUT2D eigenvalue weighted by Crippen LogP contribution is -2.49. The van der Waals surface area contributed by atoms with E-state index < -0.39 is 0 Å². The third-order valence-electron chi connectivity index (χ3n) is 6.42. The maximum absolute atomic E-state index is 12.8. The number of hydrogen-bond donors (Lipinski definition) is 1. The van der Waals surface area contributed by atoms with Crippen molar-refractivity contribution in [2.75, 3.05) is 42.9 Å². The maximum atomic E-state index is 12.8. The molecule has 9 nitrogen and oxygen atoms in total. The Morgan fingerprint density at radius 3 is 2.91 bits per heavy atom. The second-order valence-corrected chi connectivity index (χ2v) is 9.79. The van der Waals surface area contributed by atoms with Crippen LogP contribution in [0.3, 0.4) is 0 Å². The number of aryl methyl sites for hydroxylation is 1. The molecule has 0 spiro atoms. The monoisotopic (exact) mass is 450 g/mol. The highest BCUT2D eigenvalue weighted by Crippen LogP contribution is 2.39. The number of thiophene rings is 1. The van der Waals surface area contributed by atoms with Crippen molar-refractivity contribution in [3.8, 4) is 6.07 Å². The topological polar surface area (TPSA) is 103 Å². The van der Waals surface area contributed by atoms with Gasteiger partial charge in [-0.3, -0.25) is 14.4 Å². The molecule has 0 bridgehead atoms. The van der Waals surface area contributed by atoms with Crippen molar-refractivity contribution in [1.29, 1.82) is 5.26 Å². The molecule has 0 radical (unpaired) electrons. The van der Waals surface area contributed by atoms with Gasteiger partial charge in [-0.05, 0) is 30.7 Å². The molecule has 1 saturated heterocycles. The predicted molar refractivity (Wildman–Crippen MR) is 124 cm³/mol. The fourth-order valence-corrected chi connectivity index (χ4v) is 6.02. The number of aromatic nitrogens is 4. The van der Waals surface area contributed by atoms with Crippen molar-refractivity contribution in [3.05, 3.63) is 28.5 Å². The Balaban J connectivity index is 1.21. The fourth-order valence-electron chi connectivity index (χ4n) is 4.65. The van der Waals surface area contributed by atoms with E-state index in [1.54, 1.807) is 28.5 Å². The Morgan fingerprint density at radius 2 is 2.12 bits per heavy atom. The van der Waals surface area contributed by atoms with Gasteiger partial charge in [0, 0.05) is 38.1 Å². The summed E-state index contributed by atoms with van der Waals surface area (Å²) in [6.45, 7) is 5.66. The average molecular weight is 451 g/mol. The van der Waals surface area contributed by atoms with Gasteiger partial charge in [-0.1, -0.05) is 6.92 Å². The molecule has 3 aromatic rings. The molecule has 4 heterocycles. The van der Waals surface area contributed by atoms with Crippen molar-refractivity contribution in [3.63, 3.8) is 0 Å². The molecular weight excluding hydrogens is 424 g/mol. The minimum absolute atomic E-state index is 0.0571. The molecule has 1 amide bonds. The summed E-state index contributed by atoms with van der Waals surface area (Å²) < 4.78 is 1.75. The van der Waals surface area contributed by atoms with Gasteiger partial charge >= 0.3 is 0 Å². The first-order valence-corrected chi connectivity index (χ1v) is 11.8. The number of nitriles is 1. The molecule has 166 valence electrons. The van der Waals surface area contributed by atoms with Crippen LogP contribution < -0.4 is 10.2 Å². The van der Waals surface area contributed by atoms with E-state index in [-0.39, 0.29) is 5.91 Å². The first kappa shape index (κ1) is 20.8. The van der Waals surface area contributed by atoms with Crippen LogP contribution in [0, 0.1) is 17.2 Å². The minimum Gasteiger partial charge on any atom is -0.353 e. The van der Waals surface area contributed by atoms with Gasteiger partial charge in [0.05, 0.1) is 23.7 Å². The summed E-state index contributed by atoms with van der Waals surface area (Å²) in [5.74, 6) is 1.47. The van der Waals surface area contributed by atoms with Crippen molar-refractivity contribution in [1.82, 2.24) is 24.6 Å². The molecule has 32 heavy (non-hydrogen) atoms. The summed E-state index contributed by atoms with van der Waals surface area (Å²) in [7, 11) is 1.87. The zero-order valence-electron chi connectivity index (χ0n) is 18.3. The van der Waals surface area contributed by atoms with Crippen molar-refractivity contribution in [2.45, 2.75) is 26.2 Å². The average Bonchev–Trinajstić information content (AvgIpc) is 3.33. The maximum Gasteiger partial charge on any atom is 0.239 e. The van der Waals surface area contributed by atoms with Gasteiger partial charge in [0.2, 0.25) is 5.91 Å². The third-order valence-corrected chi connectivity index (χ3v) is 7.59. The molecule has 1 aliphatic carbocycles. The molecule has 0 saturated carbocycles. The fraction of sp³-hybridized carbons (Fsp3) is 0.500. The van der Waals surface area contributed by atoms with Crippen molar-refractivity contribution in [2.24, 2.45) is 13.0 Å². The standard InChI is InChI=1S/C22H26N8OS/c1-14-3-4-15-16(10-23)22(32-18(15)9-14)27-19(31)12-29-5-7-30(8-6-29)21-17-11-26-28(2)20(17)24-13-25-21/h11,13-14H,3-9,12H2,1-2H3,(H,27,31). The zero-order chi connectivity index (χ0) is 22.2. The highest BCUT2D eigenvalue weighted by molar-refractivity contribution is 7.16. The molecule has 2 aliphatic rings. The number of amides is 1. The van der Waals surface area contributed by atoms with Crippen LogP contribution in [-0.2, 0) is 24.7 Å². The summed E-state index contributed by atoms with van der Waals surface area (Å²) in [6.07, 6.45) is 6.42. The molecule has 1 N–H and O–H groups in total. The number of anilines is 2. The Hall–Kier alpha value is -3.03. The molecule has 1 fully saturated rings. The van der Waals surface area contributed by atoms with Gasteiger partial charge in [0.25, 0.3) is 0 Å². The van der Waals surface area contributed by atoms with E-state index in [1.165, 1.54) is 4.88 Å². The number of rotatable bonds is 4. The molecule has 0 aromatic carbocycles. The van der Waals surface area contributed by atoms with Gasteiger partial charge in [0.15, 0.2) is 5.65 Å². The lowest BCUT2D eigenvalue weighted by molar-refractivity contribution is -0.117. The van der Waals surface area contributed by atoms with Crippen molar-refractivity contribution < 1.29 is 4.79 Å². The van der Waals surface area contributed by atoms with Crippen LogP contribution in [-0.4, -0.2) is 63.3 Å². The van der Waals surface area contributed by atoms with Crippen LogP contribution in [0.2, 0.25) is 0 Å². The Bertz CT molecular complexity index is 1200. The van der Waals surface area contributed by atoms with Crippen LogP contribution in [0.25, 0.3) is 11.0 Å². The quantitative estimate of drug-likeness (QED) is 0.650. The molecular formula is C22H26N8OS. The number of fused-ring (bicyclic) bond motifs is 2. The first-order chi connectivity index (χ1) is 15.5. The third kappa shape index (κ3) is 3.82. The molecule has 5 rings (SSSR count). The number of carbonyl (C=O) groups is 1. The van der Waals surface area contributed by atoms with Crippen LogP contribution >= 0.6 is 11.3 Å². The zero-order valence-corrected chi connectivity index (χ0v) is 19.2. The highest BCUT2D eigenvalue weighted by Gasteiger charge is 2.26. The molecule has 1 unspecified atom stereocenters. The number of carbonyl (C=O) groups excluding carboxylic acids is 1. The summed E-state index contributed by atoms with van der Waals surface area (Å²) in [4.78, 5) is 27.2. The Morgan fingerprint density at radius 1 is 1.31 bits per heavy atom. The summed E-state index contributed by atoms with van der Waals surface area (Å²) in [5, 5.41) is 18.6. The molecule has 3 aromatic heterocycles. The van der Waals surface area contributed by atoms with E-state index in [2.05, 4.69) is 43.2 Å². The smallest absolute Gasteiger partial charge is 0.239 e.